The van der Waals surface area contributed by atoms with Crippen LogP contribution in [0.25, 0.3) is 0 Å². The zero-order valence-corrected chi connectivity index (χ0v) is 7.90. The zero-order chi connectivity index (χ0) is 10.4. The van der Waals surface area contributed by atoms with Crippen LogP contribution in [0.5, 0.6) is 0 Å². The van der Waals surface area contributed by atoms with Crippen LogP contribution in [0, 0.1) is 11.6 Å². The van der Waals surface area contributed by atoms with Gasteiger partial charge in [-0.3, -0.25) is 4.79 Å². The highest BCUT2D eigenvalue weighted by atomic mass is 19.1. The first-order chi connectivity index (χ1) is 6.11. The van der Waals surface area contributed by atoms with Gasteiger partial charge < -0.3 is 0 Å². The van der Waals surface area contributed by atoms with Crippen LogP contribution in [0.1, 0.15) is 31.1 Å². The van der Waals surface area contributed by atoms with Crippen LogP contribution in [0.3, 0.4) is 0 Å². The smallest absolute Gasteiger partial charge is 0.162 e. The largest absolute Gasteiger partial charge is 0.294 e. The predicted octanol–water partition coefficient (Wildman–Crippen LogP) is 3.19. The molecule has 0 bridgehead atoms. The molecule has 0 aromatic heterocycles. The highest BCUT2D eigenvalue weighted by Crippen LogP contribution is 2.09. The first-order valence-corrected chi connectivity index (χ1v) is 4.07. The Morgan fingerprint density at radius 2 is 1.77 bits per heavy atom. The molecule has 0 atom stereocenters. The molecule has 0 aliphatic rings. The first-order valence-electron chi connectivity index (χ1n) is 4.07. The molecule has 1 aromatic carbocycles. The van der Waals surface area contributed by atoms with Crippen LogP contribution < -0.4 is 0 Å². The number of halogens is 2. The average molecular weight is 186 g/mol. The lowest BCUT2D eigenvalue weighted by atomic mass is 10.1. The fourth-order valence-electron chi connectivity index (χ4n) is 0.775. The van der Waals surface area contributed by atoms with Gasteiger partial charge in [0.15, 0.2) is 5.78 Å². The van der Waals surface area contributed by atoms with Crippen molar-refractivity contribution in [3.63, 3.8) is 0 Å². The molecule has 0 saturated carbocycles. The van der Waals surface area contributed by atoms with Crippen LogP contribution in [-0.4, -0.2) is 5.78 Å². The SMILES string of the molecule is CC.CC(=O)c1ccc(F)cc1F. The summed E-state index contributed by atoms with van der Waals surface area (Å²) in [6, 6.07) is 2.88. The summed E-state index contributed by atoms with van der Waals surface area (Å²) in [5.41, 5.74) is -0.0774. The summed E-state index contributed by atoms with van der Waals surface area (Å²) in [7, 11) is 0. The Morgan fingerprint density at radius 3 is 2.15 bits per heavy atom. The molecule has 0 aliphatic heterocycles. The quantitative estimate of drug-likeness (QED) is 0.615. The second-order valence-corrected chi connectivity index (χ2v) is 2.18. The van der Waals surface area contributed by atoms with Gasteiger partial charge in [0.25, 0.3) is 0 Å². The summed E-state index contributed by atoms with van der Waals surface area (Å²) in [5.74, 6) is -1.88. The zero-order valence-electron chi connectivity index (χ0n) is 7.90. The number of rotatable bonds is 1. The molecular formula is C10H12F2O. The third-order valence-corrected chi connectivity index (χ3v) is 1.31. The van der Waals surface area contributed by atoms with E-state index in [0.717, 1.165) is 12.1 Å². The van der Waals surface area contributed by atoms with E-state index in [0.29, 0.717) is 6.07 Å². The normalized spacial score (nSPS) is 8.69. The molecule has 0 spiro atoms. The van der Waals surface area contributed by atoms with Gasteiger partial charge in [0.05, 0.1) is 5.56 Å². The Kier molecular flexibility index (Phi) is 4.89. The molecule has 0 saturated heterocycles. The van der Waals surface area contributed by atoms with Crippen molar-refractivity contribution in [1.82, 2.24) is 0 Å². The standard InChI is InChI=1S/C8H6F2O.C2H6/c1-5(11)7-3-2-6(9)4-8(7)10;1-2/h2-4H,1H3;1-2H3. The number of benzene rings is 1. The van der Waals surface area contributed by atoms with Crippen LogP contribution in [0.15, 0.2) is 18.2 Å². The number of hydrogen-bond acceptors (Lipinski definition) is 1. The fraction of sp³-hybridized carbons (Fsp3) is 0.300. The topological polar surface area (TPSA) is 17.1 Å². The van der Waals surface area contributed by atoms with E-state index < -0.39 is 17.4 Å². The summed E-state index contributed by atoms with van der Waals surface area (Å²) in [6.07, 6.45) is 0. The van der Waals surface area contributed by atoms with Crippen molar-refractivity contribution in [1.29, 1.82) is 0 Å². The first kappa shape index (κ1) is 11.8. The molecule has 0 unspecified atom stereocenters. The lowest BCUT2D eigenvalue weighted by molar-refractivity contribution is 0.101. The van der Waals surface area contributed by atoms with Gasteiger partial charge in [0.2, 0.25) is 0 Å². The van der Waals surface area contributed by atoms with E-state index in [4.69, 9.17) is 0 Å². The molecule has 1 rings (SSSR count). The summed E-state index contributed by atoms with van der Waals surface area (Å²) in [6.45, 7) is 5.23. The van der Waals surface area contributed by atoms with Crippen molar-refractivity contribution >= 4 is 5.78 Å². The second kappa shape index (κ2) is 5.41. The van der Waals surface area contributed by atoms with Gasteiger partial charge in [-0.25, -0.2) is 8.78 Å². The number of hydrogen-bond donors (Lipinski definition) is 0. The van der Waals surface area contributed by atoms with Crippen LogP contribution in [0.4, 0.5) is 8.78 Å². The number of carbonyl (C=O) groups is 1. The molecule has 0 N–H and O–H groups in total. The van der Waals surface area contributed by atoms with Crippen molar-refractivity contribution in [2.45, 2.75) is 20.8 Å². The number of ketones is 1. The summed E-state index contributed by atoms with van der Waals surface area (Å²) < 4.78 is 24.9. The lowest BCUT2D eigenvalue weighted by Crippen LogP contribution is -1.96. The Hall–Kier alpha value is -1.25. The van der Waals surface area contributed by atoms with Gasteiger partial charge in [-0.2, -0.15) is 0 Å². The van der Waals surface area contributed by atoms with Crippen molar-refractivity contribution in [2.24, 2.45) is 0 Å². The van der Waals surface area contributed by atoms with E-state index in [9.17, 15) is 13.6 Å². The molecular weight excluding hydrogens is 174 g/mol. The minimum atomic E-state index is -0.808. The molecule has 0 radical (unpaired) electrons. The fourth-order valence-corrected chi connectivity index (χ4v) is 0.775. The maximum absolute atomic E-state index is 12.6. The molecule has 1 aromatic rings. The number of Topliss-reactive ketones (excluding diaryl/α,β-unsaturated/α-hetero) is 1. The Morgan fingerprint density at radius 1 is 1.23 bits per heavy atom. The van der Waals surface area contributed by atoms with Crippen LogP contribution in [0.2, 0.25) is 0 Å². The van der Waals surface area contributed by atoms with Gasteiger partial charge in [0.1, 0.15) is 11.6 Å². The molecule has 0 aliphatic carbocycles. The summed E-state index contributed by atoms with van der Waals surface area (Å²) in [4.78, 5) is 10.6. The van der Waals surface area contributed by atoms with E-state index in [1.807, 2.05) is 13.8 Å². The van der Waals surface area contributed by atoms with Gasteiger partial charge in [-0.1, -0.05) is 13.8 Å². The molecule has 1 nitrogen and oxygen atoms in total. The van der Waals surface area contributed by atoms with Crippen molar-refractivity contribution in [3.05, 3.63) is 35.4 Å². The van der Waals surface area contributed by atoms with Gasteiger partial charge in [-0.15, -0.1) is 0 Å². The predicted molar refractivity (Wildman–Crippen MR) is 47.7 cm³/mol. The Labute approximate surface area is 76.4 Å². The third kappa shape index (κ3) is 3.32. The van der Waals surface area contributed by atoms with Crippen molar-refractivity contribution in [2.75, 3.05) is 0 Å². The van der Waals surface area contributed by atoms with Gasteiger partial charge >= 0.3 is 0 Å². The summed E-state index contributed by atoms with van der Waals surface area (Å²) >= 11 is 0. The highest BCUT2D eigenvalue weighted by molar-refractivity contribution is 5.94. The lowest BCUT2D eigenvalue weighted by Gasteiger charge is -1.96. The Balaban J connectivity index is 0.000000671. The molecule has 0 heterocycles. The minimum absolute atomic E-state index is 0.0774. The molecule has 3 heteroatoms. The van der Waals surface area contributed by atoms with Gasteiger partial charge in [-0.05, 0) is 19.1 Å². The molecule has 13 heavy (non-hydrogen) atoms. The van der Waals surface area contributed by atoms with E-state index in [-0.39, 0.29) is 5.56 Å². The summed E-state index contributed by atoms with van der Waals surface area (Å²) in [5, 5.41) is 0. The van der Waals surface area contributed by atoms with E-state index in [2.05, 4.69) is 0 Å². The monoisotopic (exact) mass is 186 g/mol. The van der Waals surface area contributed by atoms with Gasteiger partial charge in [0, 0.05) is 6.07 Å². The Bertz CT molecular complexity index is 295. The maximum Gasteiger partial charge on any atom is 0.162 e. The maximum atomic E-state index is 12.6. The molecule has 0 amide bonds. The number of carbonyl (C=O) groups excluding carboxylic acids is 1. The van der Waals surface area contributed by atoms with Crippen LogP contribution in [-0.2, 0) is 0 Å². The van der Waals surface area contributed by atoms with E-state index in [1.54, 1.807) is 0 Å². The third-order valence-electron chi connectivity index (χ3n) is 1.31. The van der Waals surface area contributed by atoms with E-state index >= 15 is 0 Å². The van der Waals surface area contributed by atoms with Crippen molar-refractivity contribution < 1.29 is 13.6 Å². The van der Waals surface area contributed by atoms with E-state index in [1.165, 1.54) is 6.92 Å². The average Bonchev–Trinajstić information content (AvgIpc) is 2.07. The molecule has 72 valence electrons. The molecule has 0 fully saturated rings. The highest BCUT2D eigenvalue weighted by Gasteiger charge is 2.06. The van der Waals surface area contributed by atoms with Crippen LogP contribution >= 0.6 is 0 Å². The second-order valence-electron chi connectivity index (χ2n) is 2.18. The van der Waals surface area contributed by atoms with Crippen molar-refractivity contribution in [3.8, 4) is 0 Å². The minimum Gasteiger partial charge on any atom is -0.294 e.